The Morgan fingerprint density at radius 3 is 2.19 bits per heavy atom. The fraction of sp³-hybridized carbons (Fsp3) is 0.611. The van der Waals surface area contributed by atoms with E-state index in [1.807, 2.05) is 7.05 Å². The molecule has 5 nitrogen and oxygen atoms in total. The van der Waals surface area contributed by atoms with Crippen molar-refractivity contribution in [1.82, 2.24) is 10.2 Å². The zero-order chi connectivity index (χ0) is 18.1. The molecule has 26 heavy (non-hydrogen) atoms. The average molecular weight is 421 g/mol. The molecule has 2 fully saturated rings. The van der Waals surface area contributed by atoms with Gasteiger partial charge in [-0.1, -0.05) is 24.4 Å². The highest BCUT2D eigenvalue weighted by Gasteiger charge is 2.54. The van der Waals surface area contributed by atoms with Crippen LogP contribution in [0.25, 0.3) is 0 Å². The Bertz CT molecular complexity index is 723. The number of nitrogens with zero attached hydrogens (tertiary/aromatic N) is 1. The smallest absolute Gasteiger partial charge is 0.244 e. The van der Waals surface area contributed by atoms with Gasteiger partial charge in [-0.05, 0) is 57.0 Å². The van der Waals surface area contributed by atoms with Crippen LogP contribution in [0.15, 0.2) is 29.2 Å². The number of benzene rings is 1. The van der Waals surface area contributed by atoms with E-state index >= 15 is 0 Å². The molecule has 3 rings (SSSR count). The summed E-state index contributed by atoms with van der Waals surface area (Å²) in [5.74, 6) is -0.213. The number of hydrogen-bond donors (Lipinski definition) is 1. The summed E-state index contributed by atoms with van der Waals surface area (Å²) in [6.07, 6.45) is 4.07. The van der Waals surface area contributed by atoms with Crippen molar-refractivity contribution in [2.24, 2.45) is 0 Å². The lowest BCUT2D eigenvalue weighted by atomic mass is 10.0. The van der Waals surface area contributed by atoms with E-state index in [2.05, 4.69) is 5.32 Å². The molecule has 1 aromatic rings. The molecule has 1 aliphatic heterocycles. The highest BCUT2D eigenvalue weighted by Crippen LogP contribution is 2.42. The first kappa shape index (κ1) is 21.5. The fourth-order valence-corrected chi connectivity index (χ4v) is 6.30. The lowest BCUT2D eigenvalue weighted by Crippen LogP contribution is -2.55. The number of sulfone groups is 1. The number of halogens is 2. The van der Waals surface area contributed by atoms with Crippen LogP contribution in [0.3, 0.4) is 0 Å². The molecule has 1 aromatic carbocycles. The predicted octanol–water partition coefficient (Wildman–Crippen LogP) is 3.06. The summed E-state index contributed by atoms with van der Waals surface area (Å²) < 4.78 is 25.4. The van der Waals surface area contributed by atoms with Gasteiger partial charge in [0.05, 0.1) is 4.90 Å². The lowest BCUT2D eigenvalue weighted by molar-refractivity contribution is -0.135. The van der Waals surface area contributed by atoms with Gasteiger partial charge in [0.1, 0.15) is 0 Å². The highest BCUT2D eigenvalue weighted by molar-refractivity contribution is 7.93. The van der Waals surface area contributed by atoms with E-state index in [1.165, 1.54) is 12.1 Å². The van der Waals surface area contributed by atoms with Crippen LogP contribution in [0.2, 0.25) is 5.02 Å². The van der Waals surface area contributed by atoms with Crippen molar-refractivity contribution in [3.63, 3.8) is 0 Å². The number of nitrogens with one attached hydrogen (secondary N) is 1. The van der Waals surface area contributed by atoms with E-state index in [9.17, 15) is 13.2 Å². The molecule has 0 unspecified atom stereocenters. The summed E-state index contributed by atoms with van der Waals surface area (Å²) in [7, 11) is -1.83. The Balaban J connectivity index is 0.00000243. The van der Waals surface area contributed by atoms with Crippen molar-refractivity contribution in [1.29, 1.82) is 0 Å². The van der Waals surface area contributed by atoms with Gasteiger partial charge >= 0.3 is 0 Å². The second-order valence-corrected chi connectivity index (χ2v) is 9.71. The van der Waals surface area contributed by atoms with E-state index in [0.29, 0.717) is 37.0 Å². The van der Waals surface area contributed by atoms with Crippen molar-refractivity contribution in [2.45, 2.75) is 54.2 Å². The molecule has 1 saturated heterocycles. The van der Waals surface area contributed by atoms with E-state index in [4.69, 9.17) is 11.6 Å². The first-order valence-electron chi connectivity index (χ1n) is 8.87. The molecule has 1 saturated carbocycles. The number of carbonyl (C=O) groups is 1. The minimum atomic E-state index is -3.75. The van der Waals surface area contributed by atoms with Crippen LogP contribution in [0.1, 0.15) is 38.5 Å². The topological polar surface area (TPSA) is 66.5 Å². The fourth-order valence-electron chi connectivity index (χ4n) is 4.04. The molecule has 0 spiro atoms. The van der Waals surface area contributed by atoms with Crippen molar-refractivity contribution in [3.8, 4) is 0 Å². The molecular formula is C18H26Cl2N2O3S. The standard InChI is InChI=1S/C18H25ClN2O3S.ClH/c1-20-15-8-12-21(13-9-15)17(22)18(10-2-3-11-18)25(23,24)16-6-4-14(19)5-7-16;/h4-7,15,20H,2-3,8-13H2,1H3;1H. The molecule has 8 heteroatoms. The molecule has 0 aromatic heterocycles. The van der Waals surface area contributed by atoms with Gasteiger partial charge < -0.3 is 10.2 Å². The maximum Gasteiger partial charge on any atom is 0.244 e. The predicted molar refractivity (Wildman–Crippen MR) is 106 cm³/mol. The third kappa shape index (κ3) is 3.75. The average Bonchev–Trinajstić information content (AvgIpc) is 3.13. The summed E-state index contributed by atoms with van der Waals surface area (Å²) in [6, 6.07) is 6.56. The molecule has 0 atom stereocenters. The van der Waals surface area contributed by atoms with E-state index in [0.717, 1.165) is 25.7 Å². The van der Waals surface area contributed by atoms with Crippen molar-refractivity contribution >= 4 is 39.8 Å². The Morgan fingerprint density at radius 2 is 1.69 bits per heavy atom. The minimum Gasteiger partial charge on any atom is -0.341 e. The summed E-state index contributed by atoms with van der Waals surface area (Å²) >= 11 is 5.89. The molecule has 0 bridgehead atoms. The maximum atomic E-state index is 13.4. The number of hydrogen-bond acceptors (Lipinski definition) is 4. The molecule has 2 aliphatic rings. The second-order valence-electron chi connectivity index (χ2n) is 7.01. The van der Waals surface area contributed by atoms with Crippen LogP contribution < -0.4 is 5.32 Å². The number of likely N-dealkylation sites (tertiary alicyclic amines) is 1. The van der Waals surface area contributed by atoms with Gasteiger partial charge in [0.25, 0.3) is 0 Å². The Morgan fingerprint density at radius 1 is 1.15 bits per heavy atom. The van der Waals surface area contributed by atoms with Crippen LogP contribution in [0.4, 0.5) is 0 Å². The van der Waals surface area contributed by atoms with Gasteiger partial charge in [0.2, 0.25) is 5.91 Å². The van der Waals surface area contributed by atoms with Crippen LogP contribution in [0.5, 0.6) is 0 Å². The monoisotopic (exact) mass is 420 g/mol. The molecule has 1 aliphatic carbocycles. The van der Waals surface area contributed by atoms with Crippen molar-refractivity contribution in [2.75, 3.05) is 20.1 Å². The van der Waals surface area contributed by atoms with Gasteiger partial charge in [-0.3, -0.25) is 4.79 Å². The van der Waals surface area contributed by atoms with Gasteiger partial charge in [0, 0.05) is 24.2 Å². The molecule has 0 radical (unpaired) electrons. The largest absolute Gasteiger partial charge is 0.341 e. The normalized spacial score (nSPS) is 20.6. The number of rotatable bonds is 4. The molecular weight excluding hydrogens is 395 g/mol. The third-order valence-corrected chi connectivity index (χ3v) is 8.39. The summed E-state index contributed by atoms with van der Waals surface area (Å²) in [5, 5.41) is 3.72. The van der Waals surface area contributed by atoms with Crippen LogP contribution in [-0.4, -0.2) is 50.2 Å². The van der Waals surface area contributed by atoms with Gasteiger partial charge in [0.15, 0.2) is 14.6 Å². The highest BCUT2D eigenvalue weighted by atomic mass is 35.5. The van der Waals surface area contributed by atoms with E-state index < -0.39 is 14.6 Å². The summed E-state index contributed by atoms with van der Waals surface area (Å²) in [5.41, 5.74) is 0. The third-order valence-electron chi connectivity index (χ3n) is 5.63. The number of carbonyl (C=O) groups excluding carboxylic acids is 1. The zero-order valence-corrected chi connectivity index (χ0v) is 17.3. The Labute approximate surface area is 166 Å². The second kappa shape index (κ2) is 8.46. The van der Waals surface area contributed by atoms with Crippen molar-refractivity contribution in [3.05, 3.63) is 29.3 Å². The first-order chi connectivity index (χ1) is 11.9. The number of amides is 1. The van der Waals surface area contributed by atoms with E-state index in [1.54, 1.807) is 17.0 Å². The molecule has 1 N–H and O–H groups in total. The Hall–Kier alpha value is -0.820. The Kier molecular flexibility index (Phi) is 6.99. The van der Waals surface area contributed by atoms with Crippen LogP contribution >= 0.6 is 24.0 Å². The van der Waals surface area contributed by atoms with E-state index in [-0.39, 0.29) is 23.2 Å². The quantitative estimate of drug-likeness (QED) is 0.812. The minimum absolute atomic E-state index is 0. The SMILES string of the molecule is CNC1CCN(C(=O)C2(S(=O)(=O)c3ccc(Cl)cc3)CCCC2)CC1.Cl. The van der Waals surface area contributed by atoms with Gasteiger partial charge in [-0.2, -0.15) is 0 Å². The van der Waals surface area contributed by atoms with Crippen LogP contribution in [0, 0.1) is 0 Å². The first-order valence-corrected chi connectivity index (χ1v) is 10.7. The summed E-state index contributed by atoms with van der Waals surface area (Å²) in [4.78, 5) is 15.3. The zero-order valence-electron chi connectivity index (χ0n) is 14.9. The van der Waals surface area contributed by atoms with Gasteiger partial charge in [-0.25, -0.2) is 8.42 Å². The molecule has 1 amide bonds. The molecule has 146 valence electrons. The lowest BCUT2D eigenvalue weighted by Gasteiger charge is -2.38. The molecule has 1 heterocycles. The summed E-state index contributed by atoms with van der Waals surface area (Å²) in [6.45, 7) is 1.23. The van der Waals surface area contributed by atoms with Crippen LogP contribution in [-0.2, 0) is 14.6 Å². The van der Waals surface area contributed by atoms with Crippen molar-refractivity contribution < 1.29 is 13.2 Å². The number of piperidine rings is 1. The van der Waals surface area contributed by atoms with Gasteiger partial charge in [-0.15, -0.1) is 12.4 Å². The maximum absolute atomic E-state index is 13.4.